The zero-order valence-corrected chi connectivity index (χ0v) is 39.7. The predicted octanol–water partition coefficient (Wildman–Crippen LogP) is 4.79. The maximum Gasteiger partial charge on any atom is 0.241 e. The fourth-order valence-electron chi connectivity index (χ4n) is 10.2. The molecule has 5 fully saturated rings. The maximum atomic E-state index is 11.7. The van der Waals surface area contributed by atoms with Crippen molar-refractivity contribution >= 4 is 45.3 Å². The minimum absolute atomic E-state index is 0.0809. The van der Waals surface area contributed by atoms with E-state index in [4.69, 9.17) is 24.2 Å². The van der Waals surface area contributed by atoms with E-state index >= 15 is 0 Å². The summed E-state index contributed by atoms with van der Waals surface area (Å²) in [5, 5.41) is 9.17. The number of imidazole rings is 2. The normalized spacial score (nSPS) is 21.4. The number of nitrogens with zero attached hydrogens (tertiary/aromatic N) is 9. The van der Waals surface area contributed by atoms with Crippen LogP contribution in [-0.4, -0.2) is 143 Å². The van der Waals surface area contributed by atoms with Gasteiger partial charge >= 0.3 is 0 Å². The van der Waals surface area contributed by atoms with Crippen molar-refractivity contribution in [3.63, 3.8) is 0 Å². The van der Waals surface area contributed by atoms with Gasteiger partial charge in [0.15, 0.2) is 0 Å². The van der Waals surface area contributed by atoms with Gasteiger partial charge in [0.05, 0.1) is 35.1 Å². The van der Waals surface area contributed by atoms with Crippen molar-refractivity contribution in [1.82, 2.24) is 49.9 Å². The van der Waals surface area contributed by atoms with Crippen molar-refractivity contribution in [3.05, 3.63) is 73.3 Å². The van der Waals surface area contributed by atoms with Crippen LogP contribution in [-0.2, 0) is 28.4 Å². The number of aromatic nitrogens is 6. The highest BCUT2D eigenvalue weighted by Crippen LogP contribution is 2.34. The molecule has 0 saturated carbocycles. The van der Waals surface area contributed by atoms with E-state index in [1.165, 1.54) is 11.4 Å². The van der Waals surface area contributed by atoms with Crippen molar-refractivity contribution in [1.29, 1.82) is 0 Å². The number of anilines is 2. The van der Waals surface area contributed by atoms with Crippen LogP contribution in [0.15, 0.2) is 73.3 Å². The number of nitrogens with one attached hydrogen (secondary N) is 3. The minimum Gasteiger partial charge on any atom is -0.473 e. The van der Waals surface area contributed by atoms with E-state index in [9.17, 15) is 9.59 Å². The standard InChI is InChI=1S/C28H36N6O3.C23H28N6O2/c1-19(21-15-26(35)29-17-21)37-28-27-25(30-18-32(27)2)16-24(31-28)20-3-5-22(6-4-20)33-9-11-34(12-10-33)23-7-13-36-14-8-23;1-15(17-11-21(30)25-13-17)31-23-22-20(26-14-28(22)2)12-19(27-23)16-3-5-18(6-4-16)29-9-7-24-8-10-29/h3-6,16,18-19,21,23H,7-15,17H2,1-2H3,(H,29,35);3-6,12,14-15,17,24H,7-11,13H2,1-2H3,(H,25,30)/t19-,21-;15-,17-/m11/s1. The molecule has 2 aromatic carbocycles. The molecular formula is C51H64N12O5. The lowest BCUT2D eigenvalue weighted by Crippen LogP contribution is -2.51. The van der Waals surface area contributed by atoms with E-state index in [2.05, 4.69) is 89.1 Å². The number of fused-ring (bicyclic) bond motifs is 2. The van der Waals surface area contributed by atoms with Crippen LogP contribution in [0.4, 0.5) is 11.4 Å². The van der Waals surface area contributed by atoms with Gasteiger partial charge in [0.1, 0.15) is 23.2 Å². The molecule has 9 heterocycles. The molecule has 11 rings (SSSR count). The molecule has 5 aliphatic rings. The number of hydrogen-bond acceptors (Lipinski definition) is 13. The van der Waals surface area contributed by atoms with Crippen LogP contribution in [0.5, 0.6) is 11.8 Å². The van der Waals surface area contributed by atoms with Crippen LogP contribution in [0.2, 0.25) is 0 Å². The van der Waals surface area contributed by atoms with Crippen LogP contribution >= 0.6 is 0 Å². The Morgan fingerprint density at radius 3 is 1.53 bits per heavy atom. The first-order chi connectivity index (χ1) is 33.1. The molecule has 2 amide bonds. The summed E-state index contributed by atoms with van der Waals surface area (Å²) < 4.78 is 22.1. The number of pyridine rings is 2. The van der Waals surface area contributed by atoms with Crippen molar-refractivity contribution in [2.45, 2.75) is 57.8 Å². The van der Waals surface area contributed by atoms with Crippen LogP contribution < -0.4 is 35.2 Å². The summed E-state index contributed by atoms with van der Waals surface area (Å²) >= 11 is 0. The number of carbonyl (C=O) groups is 2. The van der Waals surface area contributed by atoms with Gasteiger partial charge in [0, 0.05) is 146 Å². The molecule has 0 unspecified atom stereocenters. The van der Waals surface area contributed by atoms with Crippen LogP contribution in [0.1, 0.15) is 39.5 Å². The number of carbonyl (C=O) groups excluding carboxylic acids is 2. The third-order valence-corrected chi connectivity index (χ3v) is 14.5. The summed E-state index contributed by atoms with van der Waals surface area (Å²) in [6.45, 7) is 15.5. The molecule has 17 nitrogen and oxygen atoms in total. The Labute approximate surface area is 397 Å². The van der Waals surface area contributed by atoms with E-state index in [0.717, 1.165) is 123 Å². The Bertz CT molecular complexity index is 2700. The molecule has 358 valence electrons. The number of amides is 2. The van der Waals surface area contributed by atoms with Crippen molar-refractivity contribution < 1.29 is 23.8 Å². The second-order valence-corrected chi connectivity index (χ2v) is 19.0. The van der Waals surface area contributed by atoms with Gasteiger partial charge in [-0.25, -0.2) is 19.9 Å². The Kier molecular flexibility index (Phi) is 13.5. The molecule has 3 N–H and O–H groups in total. The number of aryl methyl sites for hydroxylation is 2. The second kappa shape index (κ2) is 20.1. The van der Waals surface area contributed by atoms with Gasteiger partial charge in [0.2, 0.25) is 23.6 Å². The predicted molar refractivity (Wildman–Crippen MR) is 263 cm³/mol. The minimum atomic E-state index is -0.137. The highest BCUT2D eigenvalue weighted by atomic mass is 16.5. The smallest absolute Gasteiger partial charge is 0.241 e. The van der Waals surface area contributed by atoms with Crippen molar-refractivity contribution in [3.8, 4) is 34.3 Å². The summed E-state index contributed by atoms with van der Waals surface area (Å²) in [5.74, 6) is 1.56. The molecule has 6 aromatic rings. The molecule has 0 radical (unpaired) electrons. The van der Waals surface area contributed by atoms with E-state index in [1.54, 1.807) is 12.7 Å². The summed E-state index contributed by atoms with van der Waals surface area (Å²) in [5.41, 5.74) is 9.65. The highest BCUT2D eigenvalue weighted by molar-refractivity contribution is 5.86. The monoisotopic (exact) mass is 925 g/mol. The van der Waals surface area contributed by atoms with E-state index in [0.29, 0.717) is 43.7 Å². The molecule has 0 spiro atoms. The first-order valence-corrected chi connectivity index (χ1v) is 24.4. The first-order valence-electron chi connectivity index (χ1n) is 24.4. The van der Waals surface area contributed by atoms with Gasteiger partial charge in [-0.05, 0) is 63.1 Å². The van der Waals surface area contributed by atoms with Gasteiger partial charge in [-0.1, -0.05) is 24.3 Å². The second-order valence-electron chi connectivity index (χ2n) is 19.0. The van der Waals surface area contributed by atoms with Crippen molar-refractivity contribution in [2.75, 3.05) is 88.5 Å². The lowest BCUT2D eigenvalue weighted by Gasteiger charge is -2.41. The molecule has 17 heteroatoms. The number of rotatable bonds is 11. The average molecular weight is 925 g/mol. The zero-order chi connectivity index (χ0) is 46.7. The lowest BCUT2D eigenvalue weighted by atomic mass is 10.0. The maximum absolute atomic E-state index is 11.7. The number of ether oxygens (including phenoxy) is 3. The lowest BCUT2D eigenvalue weighted by molar-refractivity contribution is -0.120. The summed E-state index contributed by atoms with van der Waals surface area (Å²) in [7, 11) is 3.89. The van der Waals surface area contributed by atoms with Crippen LogP contribution in [0.25, 0.3) is 44.6 Å². The number of hydrogen-bond donors (Lipinski definition) is 3. The Morgan fingerprint density at radius 1 is 0.632 bits per heavy atom. The first kappa shape index (κ1) is 45.5. The molecule has 68 heavy (non-hydrogen) atoms. The molecule has 0 aliphatic carbocycles. The Morgan fingerprint density at radius 2 is 1.09 bits per heavy atom. The number of benzene rings is 2. The van der Waals surface area contributed by atoms with Gasteiger partial charge in [0.25, 0.3) is 0 Å². The zero-order valence-electron chi connectivity index (χ0n) is 39.7. The number of piperazine rings is 2. The van der Waals surface area contributed by atoms with Gasteiger partial charge in [-0.15, -0.1) is 0 Å². The van der Waals surface area contributed by atoms with E-state index in [1.807, 2.05) is 49.2 Å². The third kappa shape index (κ3) is 9.96. The largest absolute Gasteiger partial charge is 0.473 e. The summed E-state index contributed by atoms with van der Waals surface area (Å²) in [6.07, 6.45) is 6.59. The fraction of sp³-hybridized carbons (Fsp3) is 0.490. The molecule has 0 bridgehead atoms. The van der Waals surface area contributed by atoms with E-state index in [-0.39, 0.29) is 35.9 Å². The van der Waals surface area contributed by atoms with Gasteiger partial charge in [-0.2, -0.15) is 0 Å². The van der Waals surface area contributed by atoms with Crippen molar-refractivity contribution in [2.24, 2.45) is 25.9 Å². The Balaban J connectivity index is 0.000000161. The topological polar surface area (TPSA) is 169 Å². The molecular weight excluding hydrogens is 861 g/mol. The molecule has 4 aromatic heterocycles. The Hall–Kier alpha value is -6.30. The third-order valence-electron chi connectivity index (χ3n) is 14.5. The quantitative estimate of drug-likeness (QED) is 0.163. The SMILES string of the molecule is C[C@@H](Oc1nc(-c2ccc(N3CCN(C4CCOCC4)CC3)cc2)cc2ncn(C)c12)[C@H]1CNC(=O)C1.C[C@@H](Oc1nc(-c2ccc(N3CCNCC3)cc2)cc2ncn(C)c12)[C@H]1CNC(=O)C1. The van der Waals surface area contributed by atoms with E-state index < -0.39 is 0 Å². The fourth-order valence-corrected chi connectivity index (χ4v) is 10.2. The molecule has 5 saturated heterocycles. The van der Waals surface area contributed by atoms with Gasteiger partial charge in [-0.3, -0.25) is 14.5 Å². The highest BCUT2D eigenvalue weighted by Gasteiger charge is 2.31. The van der Waals surface area contributed by atoms with Crippen LogP contribution in [0, 0.1) is 11.8 Å². The van der Waals surface area contributed by atoms with Gasteiger partial charge < -0.3 is 49.1 Å². The van der Waals surface area contributed by atoms with Crippen LogP contribution in [0.3, 0.4) is 0 Å². The average Bonchev–Trinajstić information content (AvgIpc) is 4.20. The molecule has 4 atom stereocenters. The summed E-state index contributed by atoms with van der Waals surface area (Å²) in [6, 6.07) is 21.9. The summed E-state index contributed by atoms with van der Waals surface area (Å²) in [4.78, 5) is 49.7. The molecule has 5 aliphatic heterocycles.